The van der Waals surface area contributed by atoms with Gasteiger partial charge in [-0.1, -0.05) is 24.9 Å². The summed E-state index contributed by atoms with van der Waals surface area (Å²) < 4.78 is 15.8. The first-order valence-corrected chi connectivity index (χ1v) is 8.40. The molecule has 1 aliphatic rings. The van der Waals surface area contributed by atoms with Gasteiger partial charge >= 0.3 is 5.97 Å². The number of benzene rings is 1. The molecule has 0 saturated heterocycles. The molecule has 1 unspecified atom stereocenters. The van der Waals surface area contributed by atoms with Crippen molar-refractivity contribution in [3.05, 3.63) is 22.7 Å². The van der Waals surface area contributed by atoms with Crippen molar-refractivity contribution in [2.24, 2.45) is 0 Å². The maximum atomic E-state index is 11.9. The third-order valence-corrected chi connectivity index (χ3v) is 4.56. The van der Waals surface area contributed by atoms with E-state index < -0.39 is 0 Å². The van der Waals surface area contributed by atoms with E-state index in [1.54, 1.807) is 23.9 Å². The van der Waals surface area contributed by atoms with Crippen LogP contribution in [-0.2, 0) is 16.1 Å². The van der Waals surface area contributed by atoms with Crippen LogP contribution in [-0.4, -0.2) is 23.8 Å². The Hall–Kier alpha value is -1.07. The quantitative estimate of drug-likeness (QED) is 0.558. The van der Waals surface area contributed by atoms with E-state index >= 15 is 0 Å². The summed E-state index contributed by atoms with van der Waals surface area (Å²) in [4.78, 5) is 11.9. The zero-order valence-electron chi connectivity index (χ0n) is 12.2. The number of carbonyl (C=O) groups is 1. The molecule has 0 aliphatic carbocycles. The lowest BCUT2D eigenvalue weighted by Gasteiger charge is -2.11. The molecule has 2 rings (SSSR count). The largest absolute Gasteiger partial charge is 0.460 e. The number of ether oxygens (including phenoxy) is 3. The molecule has 0 amide bonds. The van der Waals surface area contributed by atoms with E-state index in [4.69, 9.17) is 25.8 Å². The van der Waals surface area contributed by atoms with Crippen LogP contribution in [0.2, 0.25) is 5.02 Å². The van der Waals surface area contributed by atoms with Crippen LogP contribution in [0.1, 0.15) is 32.3 Å². The molecule has 0 N–H and O–H groups in total. The van der Waals surface area contributed by atoms with Crippen molar-refractivity contribution in [3.8, 4) is 11.5 Å². The van der Waals surface area contributed by atoms with Crippen LogP contribution in [0, 0.1) is 0 Å². The van der Waals surface area contributed by atoms with E-state index in [2.05, 4.69) is 6.92 Å². The van der Waals surface area contributed by atoms with Crippen molar-refractivity contribution in [3.63, 3.8) is 0 Å². The van der Waals surface area contributed by atoms with Crippen molar-refractivity contribution >= 4 is 29.3 Å². The maximum Gasteiger partial charge on any atom is 0.319 e. The zero-order valence-corrected chi connectivity index (χ0v) is 13.8. The molecule has 0 fully saturated rings. The van der Waals surface area contributed by atoms with Crippen LogP contribution in [0.25, 0.3) is 0 Å². The van der Waals surface area contributed by atoms with Gasteiger partial charge in [-0.2, -0.15) is 0 Å². The molecule has 0 spiro atoms. The van der Waals surface area contributed by atoms with Crippen molar-refractivity contribution in [1.29, 1.82) is 0 Å². The lowest BCUT2D eigenvalue weighted by molar-refractivity contribution is -0.143. The summed E-state index contributed by atoms with van der Waals surface area (Å²) in [6.45, 7) is 4.36. The first-order chi connectivity index (χ1) is 10.1. The third-order valence-electron chi connectivity index (χ3n) is 3.07. The van der Waals surface area contributed by atoms with Crippen LogP contribution in [0.5, 0.6) is 11.5 Å². The smallest absolute Gasteiger partial charge is 0.319 e. The van der Waals surface area contributed by atoms with E-state index in [1.807, 2.05) is 6.92 Å². The monoisotopic (exact) mass is 330 g/mol. The fourth-order valence-electron chi connectivity index (χ4n) is 1.85. The minimum Gasteiger partial charge on any atom is -0.460 e. The van der Waals surface area contributed by atoms with Gasteiger partial charge in [-0.05, 0) is 36.8 Å². The molecule has 4 nitrogen and oxygen atoms in total. The molecule has 0 aromatic heterocycles. The van der Waals surface area contributed by atoms with E-state index in [0.717, 1.165) is 24.2 Å². The first kappa shape index (κ1) is 16.3. The van der Waals surface area contributed by atoms with Gasteiger partial charge in [0.25, 0.3) is 0 Å². The maximum absolute atomic E-state index is 11.9. The topological polar surface area (TPSA) is 44.8 Å². The molecule has 1 heterocycles. The van der Waals surface area contributed by atoms with Crippen molar-refractivity contribution < 1.29 is 19.0 Å². The average molecular weight is 331 g/mol. The second-order valence-electron chi connectivity index (χ2n) is 4.79. The van der Waals surface area contributed by atoms with Crippen LogP contribution in [0.4, 0.5) is 0 Å². The lowest BCUT2D eigenvalue weighted by atomic mass is 10.2. The Morgan fingerprint density at radius 3 is 3.05 bits per heavy atom. The highest BCUT2D eigenvalue weighted by Gasteiger charge is 2.19. The summed E-state index contributed by atoms with van der Waals surface area (Å²) >= 11 is 7.71. The Labute approximate surface area is 134 Å². The number of fused-ring (bicyclic) bond motifs is 1. The molecular formula is C15H19ClO4S. The predicted octanol–water partition coefficient (Wildman–Crippen LogP) is 4.03. The predicted molar refractivity (Wildman–Crippen MR) is 84.2 cm³/mol. The summed E-state index contributed by atoms with van der Waals surface area (Å²) in [5, 5.41) is 0.322. The number of halogens is 1. The normalized spacial score (nSPS) is 14.0. The van der Waals surface area contributed by atoms with Gasteiger partial charge in [-0.15, -0.1) is 11.8 Å². The third kappa shape index (κ3) is 4.45. The van der Waals surface area contributed by atoms with Gasteiger partial charge in [0, 0.05) is 0 Å². The highest BCUT2D eigenvalue weighted by atomic mass is 35.5. The number of hydrogen-bond donors (Lipinski definition) is 0. The highest BCUT2D eigenvalue weighted by Crippen LogP contribution is 2.39. The summed E-state index contributed by atoms with van der Waals surface area (Å²) in [5.41, 5.74) is 0.795. The Morgan fingerprint density at radius 2 is 2.29 bits per heavy atom. The number of thioether (sulfide) groups is 1. The minimum atomic E-state index is -0.204. The van der Waals surface area contributed by atoms with Crippen LogP contribution >= 0.6 is 23.4 Å². The Morgan fingerprint density at radius 1 is 1.48 bits per heavy atom. The molecule has 1 aliphatic heterocycles. The number of unbranched alkanes of at least 4 members (excludes halogenated alkanes) is 1. The van der Waals surface area contributed by atoms with Gasteiger partial charge in [-0.3, -0.25) is 4.79 Å². The van der Waals surface area contributed by atoms with E-state index in [-0.39, 0.29) is 24.6 Å². The fraction of sp³-hybridized carbons (Fsp3) is 0.533. The van der Waals surface area contributed by atoms with Crippen molar-refractivity contribution in [1.82, 2.24) is 0 Å². The van der Waals surface area contributed by atoms with Gasteiger partial charge < -0.3 is 14.2 Å². The van der Waals surface area contributed by atoms with Crippen LogP contribution < -0.4 is 9.47 Å². The van der Waals surface area contributed by atoms with Crippen molar-refractivity contribution in [2.75, 3.05) is 12.5 Å². The van der Waals surface area contributed by atoms with Gasteiger partial charge in [0.2, 0.25) is 6.79 Å². The molecule has 116 valence electrons. The Kier molecular flexibility index (Phi) is 6.06. The van der Waals surface area contributed by atoms with E-state index in [9.17, 15) is 4.79 Å². The number of rotatable bonds is 7. The van der Waals surface area contributed by atoms with E-state index in [1.165, 1.54) is 0 Å². The van der Waals surface area contributed by atoms with Gasteiger partial charge in [-0.25, -0.2) is 0 Å². The lowest BCUT2D eigenvalue weighted by Crippen LogP contribution is -2.17. The fourth-order valence-corrected chi connectivity index (χ4v) is 3.15. The Balaban J connectivity index is 1.85. The van der Waals surface area contributed by atoms with Gasteiger partial charge in [0.15, 0.2) is 11.5 Å². The van der Waals surface area contributed by atoms with Gasteiger partial charge in [0.1, 0.15) is 6.61 Å². The Bertz CT molecular complexity index is 507. The zero-order chi connectivity index (χ0) is 15.2. The highest BCUT2D eigenvalue weighted by molar-refractivity contribution is 8.00. The molecule has 0 bridgehead atoms. The van der Waals surface area contributed by atoms with Crippen LogP contribution in [0.3, 0.4) is 0 Å². The van der Waals surface area contributed by atoms with Gasteiger partial charge in [0.05, 0.1) is 10.3 Å². The molecular weight excluding hydrogens is 312 g/mol. The standard InChI is InChI=1S/C15H19ClO4S/c1-3-4-5-21-10(2)15(17)18-8-11-6-12(16)14-13(7-11)19-9-20-14/h6-7,10H,3-5,8-9H2,1-2H3. The summed E-state index contributed by atoms with van der Waals surface area (Å²) in [7, 11) is 0. The molecule has 1 aromatic rings. The number of hydrogen-bond acceptors (Lipinski definition) is 5. The number of carbonyl (C=O) groups excluding carboxylic acids is 1. The average Bonchev–Trinajstić information content (AvgIpc) is 2.93. The minimum absolute atomic E-state index is 0.152. The van der Waals surface area contributed by atoms with Crippen molar-refractivity contribution in [2.45, 2.75) is 38.5 Å². The molecule has 0 radical (unpaired) electrons. The number of esters is 1. The summed E-state index contributed by atoms with van der Waals surface area (Å²) in [5.74, 6) is 1.92. The first-order valence-electron chi connectivity index (χ1n) is 6.98. The second-order valence-corrected chi connectivity index (χ2v) is 6.64. The molecule has 21 heavy (non-hydrogen) atoms. The molecule has 1 aromatic carbocycles. The molecule has 1 atom stereocenters. The second kappa shape index (κ2) is 7.80. The molecule has 0 saturated carbocycles. The SMILES string of the molecule is CCCCSC(C)C(=O)OCc1cc(Cl)c2c(c1)OCO2. The van der Waals surface area contributed by atoms with E-state index in [0.29, 0.717) is 16.5 Å². The van der Waals surface area contributed by atoms with Crippen LogP contribution in [0.15, 0.2) is 12.1 Å². The summed E-state index contributed by atoms with van der Waals surface area (Å²) in [6.07, 6.45) is 2.24. The summed E-state index contributed by atoms with van der Waals surface area (Å²) in [6, 6.07) is 3.52. The molecule has 6 heteroatoms.